The fraction of sp³-hybridized carbons (Fsp3) is 0.400. The van der Waals surface area contributed by atoms with Crippen LogP contribution in [0.5, 0.6) is 0 Å². The molecular formula is C10H12ClN3. The molecule has 0 unspecified atom stereocenters. The number of aryl methyl sites for hydroxylation is 1. The molecule has 14 heavy (non-hydrogen) atoms. The maximum Gasteiger partial charge on any atom is 0.222 e. The molecule has 74 valence electrons. The number of hydrogen-bond donors (Lipinski definition) is 1. The van der Waals surface area contributed by atoms with Crippen molar-refractivity contribution in [3.05, 3.63) is 22.7 Å². The molecule has 1 heterocycles. The molecule has 4 heteroatoms. The van der Waals surface area contributed by atoms with Crippen molar-refractivity contribution >= 4 is 11.6 Å². The van der Waals surface area contributed by atoms with Crippen LogP contribution in [0.25, 0.3) is 0 Å². The molecule has 1 aromatic heterocycles. The van der Waals surface area contributed by atoms with E-state index < -0.39 is 0 Å². The van der Waals surface area contributed by atoms with Gasteiger partial charge in [-0.2, -0.15) is 0 Å². The molecule has 0 aliphatic carbocycles. The Bertz CT molecular complexity index is 365. The van der Waals surface area contributed by atoms with Gasteiger partial charge in [0.2, 0.25) is 5.28 Å². The number of aromatic nitrogens is 2. The third-order valence-corrected chi connectivity index (χ3v) is 1.86. The minimum Gasteiger partial charge on any atom is -0.319 e. The number of nitrogens with one attached hydrogen (secondary N) is 1. The van der Waals surface area contributed by atoms with Crippen LogP contribution in [0.15, 0.2) is 6.20 Å². The summed E-state index contributed by atoms with van der Waals surface area (Å²) < 4.78 is 0. The van der Waals surface area contributed by atoms with E-state index in [0.717, 1.165) is 24.2 Å². The molecule has 0 aromatic carbocycles. The van der Waals surface area contributed by atoms with E-state index in [1.165, 1.54) is 0 Å². The normalized spacial score (nSPS) is 9.36. The zero-order valence-corrected chi connectivity index (χ0v) is 9.02. The summed E-state index contributed by atoms with van der Waals surface area (Å²) >= 11 is 5.62. The van der Waals surface area contributed by atoms with Crippen molar-refractivity contribution < 1.29 is 0 Å². The third kappa shape index (κ3) is 3.33. The largest absolute Gasteiger partial charge is 0.319 e. The van der Waals surface area contributed by atoms with Crippen LogP contribution < -0.4 is 5.32 Å². The molecule has 1 rings (SSSR count). The van der Waals surface area contributed by atoms with E-state index in [9.17, 15) is 0 Å². The lowest BCUT2D eigenvalue weighted by molar-refractivity contribution is 0.818. The lowest BCUT2D eigenvalue weighted by Crippen LogP contribution is -2.05. The fourth-order valence-electron chi connectivity index (χ4n) is 0.907. The van der Waals surface area contributed by atoms with Gasteiger partial charge in [-0.25, -0.2) is 9.97 Å². The minimum atomic E-state index is 0.267. The van der Waals surface area contributed by atoms with E-state index in [1.807, 2.05) is 14.0 Å². The summed E-state index contributed by atoms with van der Waals surface area (Å²) in [6, 6.07) is 0. The van der Waals surface area contributed by atoms with Crippen molar-refractivity contribution in [2.45, 2.75) is 13.3 Å². The van der Waals surface area contributed by atoms with Gasteiger partial charge in [0.05, 0.1) is 11.3 Å². The summed E-state index contributed by atoms with van der Waals surface area (Å²) in [5, 5.41) is 3.29. The van der Waals surface area contributed by atoms with Gasteiger partial charge < -0.3 is 5.32 Å². The van der Waals surface area contributed by atoms with Crippen LogP contribution in [0.2, 0.25) is 5.28 Å². The molecular weight excluding hydrogens is 198 g/mol. The first-order chi connectivity index (χ1) is 6.74. The van der Waals surface area contributed by atoms with E-state index in [0.29, 0.717) is 0 Å². The molecule has 0 spiro atoms. The smallest absolute Gasteiger partial charge is 0.222 e. The molecule has 0 radical (unpaired) electrons. The van der Waals surface area contributed by atoms with Crippen LogP contribution >= 0.6 is 11.6 Å². The topological polar surface area (TPSA) is 37.8 Å². The summed E-state index contributed by atoms with van der Waals surface area (Å²) in [5.41, 5.74) is 1.66. The molecule has 3 nitrogen and oxygen atoms in total. The standard InChI is InChI=1S/C10H12ClN3/c1-8-9(5-3-4-6-12-2)7-13-10(11)14-8/h7,12H,4,6H2,1-2H3. The maximum absolute atomic E-state index is 5.62. The van der Waals surface area contributed by atoms with Crippen LogP contribution in [-0.2, 0) is 0 Å². The van der Waals surface area contributed by atoms with Gasteiger partial charge in [0.15, 0.2) is 0 Å². The van der Waals surface area contributed by atoms with E-state index in [2.05, 4.69) is 27.1 Å². The Morgan fingerprint density at radius 1 is 1.57 bits per heavy atom. The van der Waals surface area contributed by atoms with Crippen molar-refractivity contribution in [2.75, 3.05) is 13.6 Å². The summed E-state index contributed by atoms with van der Waals surface area (Å²) in [6.07, 6.45) is 2.47. The highest BCUT2D eigenvalue weighted by Gasteiger charge is 1.97. The molecule has 0 aliphatic rings. The van der Waals surface area contributed by atoms with Gasteiger partial charge in [-0.15, -0.1) is 0 Å². The lowest BCUT2D eigenvalue weighted by Gasteiger charge is -1.95. The molecule has 0 fully saturated rings. The number of halogens is 1. The quantitative estimate of drug-likeness (QED) is 0.455. The Balaban J connectivity index is 2.70. The average molecular weight is 210 g/mol. The zero-order valence-electron chi connectivity index (χ0n) is 8.26. The van der Waals surface area contributed by atoms with Gasteiger partial charge in [0.1, 0.15) is 0 Å². The van der Waals surface area contributed by atoms with E-state index in [-0.39, 0.29) is 5.28 Å². The number of rotatable bonds is 2. The van der Waals surface area contributed by atoms with Gasteiger partial charge in [-0.3, -0.25) is 0 Å². The predicted molar refractivity (Wildman–Crippen MR) is 57.2 cm³/mol. The van der Waals surface area contributed by atoms with E-state index in [4.69, 9.17) is 11.6 Å². The van der Waals surface area contributed by atoms with Crippen molar-refractivity contribution in [3.8, 4) is 11.8 Å². The highest BCUT2D eigenvalue weighted by Crippen LogP contribution is 2.05. The van der Waals surface area contributed by atoms with Crippen LogP contribution in [0.3, 0.4) is 0 Å². The van der Waals surface area contributed by atoms with Crippen LogP contribution in [0, 0.1) is 18.8 Å². The first-order valence-electron chi connectivity index (χ1n) is 4.36. The molecule has 0 bridgehead atoms. The Hall–Kier alpha value is -1.11. The fourth-order valence-corrected chi connectivity index (χ4v) is 1.08. The Kier molecular flexibility index (Phi) is 4.37. The molecule has 0 saturated heterocycles. The van der Waals surface area contributed by atoms with Gasteiger partial charge in [0.25, 0.3) is 0 Å². The zero-order chi connectivity index (χ0) is 10.4. The number of hydrogen-bond acceptors (Lipinski definition) is 3. The van der Waals surface area contributed by atoms with Crippen molar-refractivity contribution in [1.29, 1.82) is 0 Å². The molecule has 0 amide bonds. The molecule has 0 saturated carbocycles. The Labute approximate surface area is 88.9 Å². The van der Waals surface area contributed by atoms with Gasteiger partial charge in [-0.05, 0) is 25.6 Å². The van der Waals surface area contributed by atoms with E-state index >= 15 is 0 Å². The van der Waals surface area contributed by atoms with E-state index in [1.54, 1.807) is 6.20 Å². The van der Waals surface area contributed by atoms with Crippen molar-refractivity contribution in [2.24, 2.45) is 0 Å². The van der Waals surface area contributed by atoms with Crippen molar-refractivity contribution in [3.63, 3.8) is 0 Å². The lowest BCUT2D eigenvalue weighted by atomic mass is 10.2. The molecule has 0 atom stereocenters. The minimum absolute atomic E-state index is 0.267. The Morgan fingerprint density at radius 3 is 3.00 bits per heavy atom. The summed E-state index contributed by atoms with van der Waals surface area (Å²) in [7, 11) is 1.90. The highest BCUT2D eigenvalue weighted by atomic mass is 35.5. The molecule has 1 aromatic rings. The second-order valence-corrected chi connectivity index (χ2v) is 3.13. The van der Waals surface area contributed by atoms with Crippen molar-refractivity contribution in [1.82, 2.24) is 15.3 Å². The number of nitrogens with zero attached hydrogens (tertiary/aromatic N) is 2. The Morgan fingerprint density at radius 2 is 2.36 bits per heavy atom. The third-order valence-electron chi connectivity index (χ3n) is 1.67. The average Bonchev–Trinajstić information content (AvgIpc) is 2.15. The molecule has 1 N–H and O–H groups in total. The molecule has 0 aliphatic heterocycles. The first-order valence-corrected chi connectivity index (χ1v) is 4.74. The van der Waals surface area contributed by atoms with Gasteiger partial charge >= 0.3 is 0 Å². The van der Waals surface area contributed by atoms with Crippen LogP contribution in [-0.4, -0.2) is 23.6 Å². The summed E-state index contributed by atoms with van der Waals surface area (Å²) in [5.74, 6) is 6.03. The SMILES string of the molecule is CNCCC#Cc1cnc(Cl)nc1C. The predicted octanol–water partition coefficient (Wildman–Crippen LogP) is 1.40. The van der Waals surface area contributed by atoms with Crippen LogP contribution in [0.4, 0.5) is 0 Å². The first kappa shape index (κ1) is 11.0. The second-order valence-electron chi connectivity index (χ2n) is 2.79. The summed E-state index contributed by atoms with van der Waals surface area (Å²) in [6.45, 7) is 2.76. The maximum atomic E-state index is 5.62. The summed E-state index contributed by atoms with van der Waals surface area (Å²) in [4.78, 5) is 7.88. The van der Waals surface area contributed by atoms with Gasteiger partial charge in [0, 0.05) is 19.2 Å². The second kappa shape index (κ2) is 5.58. The highest BCUT2D eigenvalue weighted by molar-refractivity contribution is 6.28. The van der Waals surface area contributed by atoms with Crippen LogP contribution in [0.1, 0.15) is 17.7 Å². The van der Waals surface area contributed by atoms with Gasteiger partial charge in [-0.1, -0.05) is 11.8 Å². The monoisotopic (exact) mass is 209 g/mol.